The van der Waals surface area contributed by atoms with Crippen LogP contribution in [0.1, 0.15) is 51.9 Å². The van der Waals surface area contributed by atoms with Crippen LogP contribution in [0.5, 0.6) is 0 Å². The highest BCUT2D eigenvalue weighted by molar-refractivity contribution is 5.00. The lowest BCUT2D eigenvalue weighted by Crippen LogP contribution is -2.48. The molecular formula is C15H25NO. The topological polar surface area (TPSA) is 23.5 Å². The summed E-state index contributed by atoms with van der Waals surface area (Å²) in [6, 6.07) is 0.583. The molecule has 3 atom stereocenters. The third-order valence-corrected chi connectivity index (χ3v) is 4.40. The summed E-state index contributed by atoms with van der Waals surface area (Å²) in [5.74, 6) is 6.69. The molecule has 0 radical (unpaired) electrons. The fourth-order valence-corrected chi connectivity index (χ4v) is 3.47. The molecule has 0 aromatic carbocycles. The van der Waals surface area contributed by atoms with Gasteiger partial charge in [0, 0.05) is 12.0 Å². The Bertz CT molecular complexity index is 291. The summed E-state index contributed by atoms with van der Waals surface area (Å²) in [5.41, 5.74) is 0. The first-order valence-corrected chi connectivity index (χ1v) is 7.14. The molecule has 3 unspecified atom stereocenters. The first-order chi connectivity index (χ1) is 8.33. The molecule has 0 amide bonds. The molecule has 0 bridgehead atoms. The van der Waals surface area contributed by atoms with Gasteiger partial charge in [0.2, 0.25) is 0 Å². The van der Waals surface area contributed by atoms with Crippen LogP contribution in [0.15, 0.2) is 0 Å². The molecular weight excluding hydrogens is 210 g/mol. The minimum absolute atomic E-state index is 0.0658. The average Bonchev–Trinajstić information content (AvgIpc) is 2.37. The van der Waals surface area contributed by atoms with Gasteiger partial charge in [-0.15, -0.1) is 5.92 Å². The van der Waals surface area contributed by atoms with E-state index in [1.807, 2.05) is 6.92 Å². The Kier molecular flexibility index (Phi) is 4.88. The van der Waals surface area contributed by atoms with E-state index < -0.39 is 0 Å². The smallest absolute Gasteiger partial charge is 0.0603 e. The number of aliphatic hydroxyl groups excluding tert-OH is 1. The van der Waals surface area contributed by atoms with E-state index in [4.69, 9.17) is 0 Å². The van der Waals surface area contributed by atoms with E-state index in [-0.39, 0.29) is 6.10 Å². The molecule has 2 fully saturated rings. The minimum Gasteiger partial charge on any atom is -0.393 e. The van der Waals surface area contributed by atoms with E-state index in [1.54, 1.807) is 0 Å². The molecule has 2 rings (SSSR count). The Morgan fingerprint density at radius 3 is 2.65 bits per heavy atom. The summed E-state index contributed by atoms with van der Waals surface area (Å²) in [7, 11) is 0. The lowest BCUT2D eigenvalue weighted by atomic mass is 9.78. The lowest BCUT2D eigenvalue weighted by Gasteiger charge is -2.43. The average molecular weight is 235 g/mol. The maximum atomic E-state index is 10.2. The standard InChI is InChI=1S/C15H25NO/c1-2-3-11-16-12-7-6-9-14(16)13-8-4-5-10-15(13)17/h13-15,17H,4-12H2,1H3. The normalized spacial score (nSPS) is 35.1. The first kappa shape index (κ1) is 12.9. The van der Waals surface area contributed by atoms with Crippen LogP contribution in [0, 0.1) is 17.8 Å². The van der Waals surface area contributed by atoms with Gasteiger partial charge in [0.1, 0.15) is 0 Å². The molecule has 1 saturated heterocycles. The third kappa shape index (κ3) is 3.24. The van der Waals surface area contributed by atoms with Gasteiger partial charge in [0.25, 0.3) is 0 Å². The summed E-state index contributed by atoms with van der Waals surface area (Å²) in [4.78, 5) is 2.51. The molecule has 2 aliphatic rings. The first-order valence-electron chi connectivity index (χ1n) is 7.14. The van der Waals surface area contributed by atoms with Crippen molar-refractivity contribution in [2.75, 3.05) is 13.1 Å². The summed E-state index contributed by atoms with van der Waals surface area (Å²) >= 11 is 0. The van der Waals surface area contributed by atoms with Crippen LogP contribution in [0.25, 0.3) is 0 Å². The van der Waals surface area contributed by atoms with Crippen molar-refractivity contribution in [1.29, 1.82) is 0 Å². The van der Waals surface area contributed by atoms with E-state index in [9.17, 15) is 5.11 Å². The van der Waals surface area contributed by atoms with Crippen molar-refractivity contribution in [1.82, 2.24) is 4.90 Å². The van der Waals surface area contributed by atoms with Crippen molar-refractivity contribution < 1.29 is 5.11 Å². The molecule has 1 N–H and O–H groups in total. The quantitative estimate of drug-likeness (QED) is 0.743. The fourth-order valence-electron chi connectivity index (χ4n) is 3.47. The van der Waals surface area contributed by atoms with Crippen LogP contribution in [-0.2, 0) is 0 Å². The van der Waals surface area contributed by atoms with Crippen molar-refractivity contribution in [3.63, 3.8) is 0 Å². The molecule has 96 valence electrons. The minimum atomic E-state index is -0.0658. The van der Waals surface area contributed by atoms with Crippen LogP contribution in [0.2, 0.25) is 0 Å². The molecule has 17 heavy (non-hydrogen) atoms. The highest BCUT2D eigenvalue weighted by atomic mass is 16.3. The van der Waals surface area contributed by atoms with E-state index in [1.165, 1.54) is 45.1 Å². The van der Waals surface area contributed by atoms with Gasteiger partial charge in [-0.25, -0.2) is 0 Å². The molecule has 2 heteroatoms. The van der Waals surface area contributed by atoms with Gasteiger partial charge in [-0.2, -0.15) is 0 Å². The van der Waals surface area contributed by atoms with Gasteiger partial charge >= 0.3 is 0 Å². The Hall–Kier alpha value is -0.520. The summed E-state index contributed by atoms with van der Waals surface area (Å²) in [6.45, 7) is 3.97. The van der Waals surface area contributed by atoms with Crippen molar-refractivity contribution in [3.8, 4) is 11.8 Å². The largest absolute Gasteiger partial charge is 0.393 e. The van der Waals surface area contributed by atoms with Crippen LogP contribution in [0.3, 0.4) is 0 Å². The van der Waals surface area contributed by atoms with Crippen molar-refractivity contribution in [3.05, 3.63) is 0 Å². The van der Waals surface area contributed by atoms with Crippen molar-refractivity contribution in [2.24, 2.45) is 5.92 Å². The Labute approximate surface area is 105 Å². The van der Waals surface area contributed by atoms with E-state index in [0.29, 0.717) is 12.0 Å². The zero-order valence-electron chi connectivity index (χ0n) is 11.0. The van der Waals surface area contributed by atoms with Crippen LogP contribution >= 0.6 is 0 Å². The maximum Gasteiger partial charge on any atom is 0.0603 e. The number of hydrogen-bond donors (Lipinski definition) is 1. The predicted octanol–water partition coefficient (Wildman–Crippen LogP) is 2.42. The van der Waals surface area contributed by atoms with Crippen LogP contribution in [-0.4, -0.2) is 35.2 Å². The van der Waals surface area contributed by atoms with Crippen molar-refractivity contribution in [2.45, 2.75) is 64.0 Å². The van der Waals surface area contributed by atoms with E-state index >= 15 is 0 Å². The number of likely N-dealkylation sites (tertiary alicyclic amines) is 1. The molecule has 1 aliphatic heterocycles. The van der Waals surface area contributed by atoms with Gasteiger partial charge < -0.3 is 5.11 Å². The number of nitrogens with zero attached hydrogens (tertiary/aromatic N) is 1. The molecule has 0 aromatic heterocycles. The predicted molar refractivity (Wildman–Crippen MR) is 70.6 cm³/mol. The number of rotatable bonds is 2. The SMILES string of the molecule is CC#CCN1CCCCC1C1CCCCC1O. The summed E-state index contributed by atoms with van der Waals surface area (Å²) < 4.78 is 0. The third-order valence-electron chi connectivity index (χ3n) is 4.40. The number of aliphatic hydroxyl groups is 1. The Balaban J connectivity index is 2.00. The lowest BCUT2D eigenvalue weighted by molar-refractivity contribution is -0.000712. The second-order valence-electron chi connectivity index (χ2n) is 5.48. The van der Waals surface area contributed by atoms with Gasteiger partial charge in [0.15, 0.2) is 0 Å². The monoisotopic (exact) mass is 235 g/mol. The van der Waals surface area contributed by atoms with Crippen LogP contribution in [0.4, 0.5) is 0 Å². The molecule has 0 spiro atoms. The zero-order chi connectivity index (χ0) is 12.1. The molecule has 1 saturated carbocycles. The highest BCUT2D eigenvalue weighted by Crippen LogP contribution is 2.33. The van der Waals surface area contributed by atoms with E-state index in [2.05, 4.69) is 16.7 Å². The Morgan fingerprint density at radius 1 is 1.12 bits per heavy atom. The van der Waals surface area contributed by atoms with E-state index in [0.717, 1.165) is 13.0 Å². The van der Waals surface area contributed by atoms with Gasteiger partial charge in [-0.05, 0) is 39.2 Å². The van der Waals surface area contributed by atoms with Gasteiger partial charge in [-0.3, -0.25) is 4.90 Å². The molecule has 1 aliphatic carbocycles. The number of hydrogen-bond acceptors (Lipinski definition) is 2. The molecule has 1 heterocycles. The second-order valence-corrected chi connectivity index (χ2v) is 5.48. The van der Waals surface area contributed by atoms with Crippen molar-refractivity contribution >= 4 is 0 Å². The highest BCUT2D eigenvalue weighted by Gasteiger charge is 2.34. The van der Waals surface area contributed by atoms with Gasteiger partial charge in [-0.1, -0.05) is 25.2 Å². The zero-order valence-corrected chi connectivity index (χ0v) is 11.0. The number of piperidine rings is 1. The molecule has 2 nitrogen and oxygen atoms in total. The van der Waals surface area contributed by atoms with Crippen LogP contribution < -0.4 is 0 Å². The Morgan fingerprint density at radius 2 is 1.88 bits per heavy atom. The fraction of sp³-hybridized carbons (Fsp3) is 0.867. The molecule has 0 aromatic rings. The second kappa shape index (κ2) is 6.42. The summed E-state index contributed by atoms with van der Waals surface area (Å²) in [6.07, 6.45) is 8.53. The van der Waals surface area contributed by atoms with Gasteiger partial charge in [0.05, 0.1) is 12.6 Å². The summed E-state index contributed by atoms with van der Waals surface area (Å²) in [5, 5.41) is 10.2. The maximum absolute atomic E-state index is 10.2.